The van der Waals surface area contributed by atoms with Gasteiger partial charge in [-0.05, 0) is 29.8 Å². The molecule has 0 fully saturated rings. The van der Waals surface area contributed by atoms with E-state index in [0.29, 0.717) is 16.7 Å². The third-order valence-electron chi connectivity index (χ3n) is 4.07. The summed E-state index contributed by atoms with van der Waals surface area (Å²) >= 11 is 0. The van der Waals surface area contributed by atoms with Gasteiger partial charge in [0.05, 0.1) is 6.26 Å². The van der Waals surface area contributed by atoms with Crippen molar-refractivity contribution in [1.29, 1.82) is 0 Å². The molecule has 0 spiro atoms. The molecule has 28 heavy (non-hydrogen) atoms. The van der Waals surface area contributed by atoms with Crippen LogP contribution in [0.4, 0.5) is 0 Å². The molecule has 7 heteroatoms. The number of hydrogen-bond acceptors (Lipinski definition) is 6. The molecule has 1 atom stereocenters. The van der Waals surface area contributed by atoms with Crippen LogP contribution in [0.15, 0.2) is 81.8 Å². The van der Waals surface area contributed by atoms with Gasteiger partial charge in [0.1, 0.15) is 5.52 Å². The molecule has 0 bridgehead atoms. The highest BCUT2D eigenvalue weighted by Crippen LogP contribution is 2.19. The Morgan fingerprint density at radius 3 is 2.54 bits per heavy atom. The van der Waals surface area contributed by atoms with Gasteiger partial charge in [0, 0.05) is 0 Å². The van der Waals surface area contributed by atoms with Crippen LogP contribution in [0.2, 0.25) is 0 Å². The minimum atomic E-state index is -0.997. The summed E-state index contributed by atoms with van der Waals surface area (Å²) in [5, 5.41) is 2.64. The van der Waals surface area contributed by atoms with E-state index < -0.39 is 17.9 Å². The summed E-state index contributed by atoms with van der Waals surface area (Å²) in [6, 6.07) is 18.2. The second-order valence-corrected chi connectivity index (χ2v) is 5.98. The van der Waals surface area contributed by atoms with E-state index in [1.54, 1.807) is 42.5 Å². The molecule has 1 amide bonds. The zero-order valence-corrected chi connectivity index (χ0v) is 14.7. The molecular formula is C21H16N2O5. The third kappa shape index (κ3) is 3.78. The lowest BCUT2D eigenvalue weighted by atomic mass is 10.1. The van der Waals surface area contributed by atoms with E-state index in [1.807, 2.05) is 18.2 Å². The lowest BCUT2D eigenvalue weighted by Gasteiger charge is -2.17. The first kappa shape index (κ1) is 17.5. The number of rotatable bonds is 6. The van der Waals surface area contributed by atoms with Gasteiger partial charge in [0.15, 0.2) is 24.0 Å². The van der Waals surface area contributed by atoms with Crippen LogP contribution in [-0.4, -0.2) is 16.9 Å². The molecule has 2 heterocycles. The second-order valence-electron chi connectivity index (χ2n) is 5.98. The van der Waals surface area contributed by atoms with Crippen LogP contribution < -0.4 is 5.32 Å². The van der Waals surface area contributed by atoms with Crippen LogP contribution in [0.3, 0.4) is 0 Å². The molecule has 1 N–H and O–H groups in total. The lowest BCUT2D eigenvalue weighted by Crippen LogP contribution is -2.34. The molecule has 0 aliphatic carbocycles. The van der Waals surface area contributed by atoms with Crippen molar-refractivity contribution in [3.63, 3.8) is 0 Å². The average molecular weight is 376 g/mol. The summed E-state index contributed by atoms with van der Waals surface area (Å²) in [5.74, 6) is -0.766. The number of nitrogens with zero attached hydrogens (tertiary/aromatic N) is 1. The largest absolute Gasteiger partial charge is 0.459 e. The minimum Gasteiger partial charge on any atom is -0.459 e. The SMILES string of the molecule is O=C(NC(C(=O)OCc1nc2ccccc2o1)c1ccccc1)c1ccco1. The van der Waals surface area contributed by atoms with Crippen molar-refractivity contribution in [2.24, 2.45) is 0 Å². The normalized spacial score (nSPS) is 11.9. The van der Waals surface area contributed by atoms with Crippen LogP contribution >= 0.6 is 0 Å². The number of aromatic nitrogens is 1. The van der Waals surface area contributed by atoms with E-state index in [4.69, 9.17) is 13.6 Å². The molecule has 2 aromatic heterocycles. The Morgan fingerprint density at radius 1 is 1.00 bits per heavy atom. The molecule has 0 saturated heterocycles. The standard InChI is InChI=1S/C21H16N2O5/c24-20(17-11-6-12-26-17)23-19(14-7-2-1-3-8-14)21(25)27-13-18-22-15-9-4-5-10-16(15)28-18/h1-12,19H,13H2,(H,23,24). The topological polar surface area (TPSA) is 94.6 Å². The van der Waals surface area contributed by atoms with Gasteiger partial charge >= 0.3 is 5.97 Å². The number of oxazole rings is 1. The van der Waals surface area contributed by atoms with Crippen LogP contribution in [0.25, 0.3) is 11.1 Å². The number of nitrogens with one attached hydrogen (secondary N) is 1. The maximum absolute atomic E-state index is 12.7. The molecule has 0 aliphatic heterocycles. The Morgan fingerprint density at radius 2 is 1.79 bits per heavy atom. The maximum Gasteiger partial charge on any atom is 0.333 e. The van der Waals surface area contributed by atoms with Crippen molar-refractivity contribution in [1.82, 2.24) is 10.3 Å². The van der Waals surface area contributed by atoms with E-state index in [1.165, 1.54) is 12.3 Å². The van der Waals surface area contributed by atoms with Gasteiger partial charge in [-0.2, -0.15) is 0 Å². The van der Waals surface area contributed by atoms with Gasteiger partial charge in [0.25, 0.3) is 5.91 Å². The van der Waals surface area contributed by atoms with Gasteiger partial charge in [0.2, 0.25) is 5.89 Å². The van der Waals surface area contributed by atoms with Crippen LogP contribution in [0.1, 0.15) is 28.1 Å². The molecule has 0 saturated carbocycles. The first-order chi connectivity index (χ1) is 13.7. The number of carbonyl (C=O) groups is 2. The van der Waals surface area contributed by atoms with Crippen molar-refractivity contribution in [3.05, 3.63) is 90.2 Å². The van der Waals surface area contributed by atoms with Gasteiger partial charge in [-0.3, -0.25) is 4.79 Å². The number of benzene rings is 2. The Hall–Kier alpha value is -3.87. The highest BCUT2D eigenvalue weighted by molar-refractivity contribution is 5.94. The number of carbonyl (C=O) groups excluding carboxylic acids is 2. The average Bonchev–Trinajstić information content (AvgIpc) is 3.40. The molecule has 4 rings (SSSR count). The lowest BCUT2D eigenvalue weighted by molar-refractivity contribution is -0.148. The molecule has 2 aromatic carbocycles. The summed E-state index contributed by atoms with van der Waals surface area (Å²) < 4.78 is 16.0. The van der Waals surface area contributed by atoms with Gasteiger partial charge < -0.3 is 18.9 Å². The summed E-state index contributed by atoms with van der Waals surface area (Å²) in [7, 11) is 0. The maximum atomic E-state index is 12.7. The first-order valence-corrected chi connectivity index (χ1v) is 8.61. The Labute approximate surface area is 159 Å². The Balaban J connectivity index is 1.50. The predicted molar refractivity (Wildman–Crippen MR) is 99.2 cm³/mol. The van der Waals surface area contributed by atoms with Crippen LogP contribution in [0, 0.1) is 0 Å². The predicted octanol–water partition coefficient (Wildman–Crippen LogP) is 3.64. The molecule has 1 unspecified atom stereocenters. The number of fused-ring (bicyclic) bond motifs is 1. The highest BCUT2D eigenvalue weighted by Gasteiger charge is 2.26. The molecule has 0 radical (unpaired) electrons. The monoisotopic (exact) mass is 376 g/mol. The fourth-order valence-electron chi connectivity index (χ4n) is 2.73. The Kier molecular flexibility index (Phi) is 4.88. The minimum absolute atomic E-state index is 0.104. The molecule has 140 valence electrons. The van der Waals surface area contributed by atoms with Crippen LogP contribution in [-0.2, 0) is 16.1 Å². The number of esters is 1. The Bertz CT molecular complexity index is 1050. The fraction of sp³-hybridized carbons (Fsp3) is 0.0952. The van der Waals surface area contributed by atoms with Crippen molar-refractivity contribution in [2.45, 2.75) is 12.6 Å². The molecule has 7 nitrogen and oxygen atoms in total. The summed E-state index contributed by atoms with van der Waals surface area (Å²) in [6.45, 7) is -0.145. The zero-order chi connectivity index (χ0) is 19.3. The number of furan rings is 1. The van der Waals surface area contributed by atoms with E-state index in [0.717, 1.165) is 0 Å². The first-order valence-electron chi connectivity index (χ1n) is 8.61. The molecule has 4 aromatic rings. The smallest absolute Gasteiger partial charge is 0.333 e. The summed E-state index contributed by atoms with van der Waals surface area (Å²) in [5.41, 5.74) is 1.88. The summed E-state index contributed by atoms with van der Waals surface area (Å²) in [4.78, 5) is 29.3. The zero-order valence-electron chi connectivity index (χ0n) is 14.7. The quantitative estimate of drug-likeness (QED) is 0.516. The number of para-hydroxylation sites is 2. The van der Waals surface area contributed by atoms with E-state index in [-0.39, 0.29) is 18.3 Å². The molecule has 0 aliphatic rings. The van der Waals surface area contributed by atoms with E-state index in [2.05, 4.69) is 10.3 Å². The number of amides is 1. The molecular weight excluding hydrogens is 360 g/mol. The van der Waals surface area contributed by atoms with E-state index >= 15 is 0 Å². The highest BCUT2D eigenvalue weighted by atomic mass is 16.5. The van der Waals surface area contributed by atoms with E-state index in [9.17, 15) is 9.59 Å². The van der Waals surface area contributed by atoms with Crippen LogP contribution in [0.5, 0.6) is 0 Å². The second kappa shape index (κ2) is 7.79. The summed E-state index contributed by atoms with van der Waals surface area (Å²) in [6.07, 6.45) is 1.39. The third-order valence-corrected chi connectivity index (χ3v) is 4.07. The van der Waals surface area contributed by atoms with Gasteiger partial charge in [-0.1, -0.05) is 42.5 Å². The number of hydrogen-bond donors (Lipinski definition) is 1. The van der Waals surface area contributed by atoms with Crippen molar-refractivity contribution >= 4 is 23.0 Å². The fourth-order valence-corrected chi connectivity index (χ4v) is 2.73. The number of ether oxygens (including phenoxy) is 1. The van der Waals surface area contributed by atoms with Crippen molar-refractivity contribution < 1.29 is 23.2 Å². The van der Waals surface area contributed by atoms with Gasteiger partial charge in [-0.25, -0.2) is 9.78 Å². The van der Waals surface area contributed by atoms with Crippen molar-refractivity contribution in [3.8, 4) is 0 Å². The van der Waals surface area contributed by atoms with Crippen molar-refractivity contribution in [2.75, 3.05) is 0 Å². The van der Waals surface area contributed by atoms with Gasteiger partial charge in [-0.15, -0.1) is 0 Å².